The van der Waals surface area contributed by atoms with Crippen LogP contribution in [0.4, 0.5) is 0 Å². The van der Waals surface area contributed by atoms with Crippen LogP contribution in [0.25, 0.3) is 10.9 Å². The molecule has 14 heavy (non-hydrogen) atoms. The Labute approximate surface area is 81.9 Å². The van der Waals surface area contributed by atoms with Gasteiger partial charge in [-0.1, -0.05) is 12.1 Å². The molecule has 3 heteroatoms. The number of nitrogens with zero attached hydrogens (tertiary/aromatic N) is 1. The first-order chi connectivity index (χ1) is 6.86. The summed E-state index contributed by atoms with van der Waals surface area (Å²) in [6.07, 6.45) is 2.79. The summed E-state index contributed by atoms with van der Waals surface area (Å²) < 4.78 is 7.00. The van der Waals surface area contributed by atoms with Gasteiger partial charge in [-0.15, -0.1) is 0 Å². The molecule has 0 fully saturated rings. The van der Waals surface area contributed by atoms with Gasteiger partial charge in [0.1, 0.15) is 6.73 Å². The highest BCUT2D eigenvalue weighted by Crippen LogP contribution is 2.18. The van der Waals surface area contributed by atoms with E-state index in [1.807, 2.05) is 35.0 Å². The quantitative estimate of drug-likeness (QED) is 0.692. The molecule has 0 amide bonds. The molecule has 0 saturated carbocycles. The Kier molecular flexibility index (Phi) is 2.33. The van der Waals surface area contributed by atoms with Crippen molar-refractivity contribution in [2.75, 3.05) is 7.11 Å². The van der Waals surface area contributed by atoms with E-state index in [1.165, 1.54) is 0 Å². The third-order valence-electron chi connectivity index (χ3n) is 2.24. The van der Waals surface area contributed by atoms with Crippen LogP contribution >= 0.6 is 0 Å². The number of carbonyl (C=O) groups is 1. The number of carbonyl (C=O) groups excluding carboxylic acids is 1. The normalized spacial score (nSPS) is 10.6. The van der Waals surface area contributed by atoms with Crippen molar-refractivity contribution in [1.82, 2.24) is 4.57 Å². The summed E-state index contributed by atoms with van der Waals surface area (Å²) >= 11 is 0. The maximum atomic E-state index is 10.7. The summed E-state index contributed by atoms with van der Waals surface area (Å²) in [6.45, 7) is 0.506. The number of aldehydes is 1. The van der Waals surface area contributed by atoms with Gasteiger partial charge in [0, 0.05) is 24.3 Å². The zero-order chi connectivity index (χ0) is 9.97. The van der Waals surface area contributed by atoms with Gasteiger partial charge in [-0.2, -0.15) is 0 Å². The van der Waals surface area contributed by atoms with Crippen LogP contribution in [0.3, 0.4) is 0 Å². The topological polar surface area (TPSA) is 31.2 Å². The summed E-state index contributed by atoms with van der Waals surface area (Å²) in [5.41, 5.74) is 1.74. The molecule has 0 aliphatic rings. The fourth-order valence-corrected chi connectivity index (χ4v) is 1.60. The summed E-state index contributed by atoms with van der Waals surface area (Å²) in [5.74, 6) is 0. The molecule has 1 aromatic carbocycles. The van der Waals surface area contributed by atoms with Crippen LogP contribution in [-0.2, 0) is 11.5 Å². The van der Waals surface area contributed by atoms with Crippen molar-refractivity contribution >= 4 is 17.2 Å². The van der Waals surface area contributed by atoms with E-state index in [1.54, 1.807) is 7.11 Å². The van der Waals surface area contributed by atoms with E-state index in [2.05, 4.69) is 0 Å². The fraction of sp³-hybridized carbons (Fsp3) is 0.182. The van der Waals surface area contributed by atoms with Gasteiger partial charge in [0.05, 0.1) is 5.52 Å². The van der Waals surface area contributed by atoms with Gasteiger partial charge < -0.3 is 9.30 Å². The average molecular weight is 189 g/mol. The Hall–Kier alpha value is -1.61. The van der Waals surface area contributed by atoms with Gasteiger partial charge in [-0.3, -0.25) is 4.79 Å². The highest BCUT2D eigenvalue weighted by atomic mass is 16.5. The number of fused-ring (bicyclic) bond motifs is 1. The van der Waals surface area contributed by atoms with Crippen LogP contribution in [0, 0.1) is 0 Å². The molecule has 0 aliphatic carbocycles. The molecular formula is C11H11NO2. The maximum absolute atomic E-state index is 10.7. The molecule has 72 valence electrons. The van der Waals surface area contributed by atoms with E-state index < -0.39 is 0 Å². The third kappa shape index (κ3) is 1.32. The maximum Gasteiger partial charge on any atom is 0.150 e. The van der Waals surface area contributed by atoms with Crippen molar-refractivity contribution in [2.45, 2.75) is 6.73 Å². The monoisotopic (exact) mass is 189 g/mol. The van der Waals surface area contributed by atoms with Crippen LogP contribution in [0.5, 0.6) is 0 Å². The van der Waals surface area contributed by atoms with Crippen molar-refractivity contribution in [3.05, 3.63) is 36.0 Å². The van der Waals surface area contributed by atoms with Crippen LogP contribution in [0.2, 0.25) is 0 Å². The summed E-state index contributed by atoms with van der Waals surface area (Å²) in [5, 5.41) is 0.972. The first-order valence-electron chi connectivity index (χ1n) is 4.39. The van der Waals surface area contributed by atoms with E-state index in [-0.39, 0.29) is 0 Å². The molecule has 1 aromatic heterocycles. The predicted molar refractivity (Wildman–Crippen MR) is 54.3 cm³/mol. The Morgan fingerprint density at radius 3 is 3.00 bits per heavy atom. The molecule has 0 saturated heterocycles. The van der Waals surface area contributed by atoms with Gasteiger partial charge in [0.25, 0.3) is 0 Å². The average Bonchev–Trinajstić information content (AvgIpc) is 2.62. The molecule has 0 N–H and O–H groups in total. The minimum Gasteiger partial charge on any atom is -0.364 e. The largest absolute Gasteiger partial charge is 0.364 e. The van der Waals surface area contributed by atoms with Crippen molar-refractivity contribution in [3.63, 3.8) is 0 Å². The van der Waals surface area contributed by atoms with Crippen LogP contribution in [-0.4, -0.2) is 18.0 Å². The summed E-state index contributed by atoms with van der Waals surface area (Å²) in [7, 11) is 1.65. The number of rotatable bonds is 3. The molecule has 0 aliphatic heterocycles. The molecule has 0 atom stereocenters. The Balaban J connectivity index is 2.63. The zero-order valence-electron chi connectivity index (χ0n) is 7.93. The Morgan fingerprint density at radius 2 is 2.29 bits per heavy atom. The van der Waals surface area contributed by atoms with E-state index in [4.69, 9.17) is 4.74 Å². The number of hydrogen-bond acceptors (Lipinski definition) is 2. The van der Waals surface area contributed by atoms with Crippen molar-refractivity contribution in [2.24, 2.45) is 0 Å². The lowest BCUT2D eigenvalue weighted by Gasteiger charge is -2.03. The second kappa shape index (κ2) is 3.64. The SMILES string of the molecule is COCn1ccc2c(C=O)cccc21. The first kappa shape index (κ1) is 8.97. The molecule has 0 spiro atoms. The van der Waals surface area contributed by atoms with Crippen molar-refractivity contribution < 1.29 is 9.53 Å². The molecule has 1 heterocycles. The molecule has 0 bridgehead atoms. The second-order valence-corrected chi connectivity index (χ2v) is 3.10. The number of ether oxygens (including phenoxy) is 1. The van der Waals surface area contributed by atoms with Gasteiger partial charge in [-0.05, 0) is 12.1 Å². The lowest BCUT2D eigenvalue weighted by atomic mass is 10.1. The van der Waals surface area contributed by atoms with Gasteiger partial charge in [0.2, 0.25) is 0 Å². The number of hydrogen-bond donors (Lipinski definition) is 0. The van der Waals surface area contributed by atoms with E-state index >= 15 is 0 Å². The van der Waals surface area contributed by atoms with E-state index in [0.717, 1.165) is 22.8 Å². The smallest absolute Gasteiger partial charge is 0.150 e. The van der Waals surface area contributed by atoms with Crippen LogP contribution < -0.4 is 0 Å². The third-order valence-corrected chi connectivity index (χ3v) is 2.24. The lowest BCUT2D eigenvalue weighted by Crippen LogP contribution is -1.97. The molecule has 2 aromatic rings. The molecule has 0 unspecified atom stereocenters. The summed E-state index contributed by atoms with van der Waals surface area (Å²) in [6, 6.07) is 7.59. The number of aromatic nitrogens is 1. The predicted octanol–water partition coefficient (Wildman–Crippen LogP) is 2.06. The van der Waals surface area contributed by atoms with Crippen LogP contribution in [0.15, 0.2) is 30.5 Å². The Bertz CT molecular complexity index is 459. The lowest BCUT2D eigenvalue weighted by molar-refractivity contribution is 0.112. The van der Waals surface area contributed by atoms with Gasteiger partial charge in [0.15, 0.2) is 6.29 Å². The minimum absolute atomic E-state index is 0.506. The number of benzene rings is 1. The van der Waals surface area contributed by atoms with Crippen LogP contribution in [0.1, 0.15) is 10.4 Å². The number of methoxy groups -OCH3 is 1. The zero-order valence-corrected chi connectivity index (χ0v) is 7.93. The minimum atomic E-state index is 0.506. The molecular weight excluding hydrogens is 178 g/mol. The van der Waals surface area contributed by atoms with E-state index in [0.29, 0.717) is 6.73 Å². The van der Waals surface area contributed by atoms with Crippen molar-refractivity contribution in [3.8, 4) is 0 Å². The second-order valence-electron chi connectivity index (χ2n) is 3.10. The molecule has 2 rings (SSSR count). The Morgan fingerprint density at radius 1 is 1.43 bits per heavy atom. The van der Waals surface area contributed by atoms with Crippen molar-refractivity contribution in [1.29, 1.82) is 0 Å². The standard InChI is InChI=1S/C11H11NO2/c1-14-8-12-6-5-10-9(7-13)3-2-4-11(10)12/h2-7H,8H2,1H3. The summed E-state index contributed by atoms with van der Waals surface area (Å²) in [4.78, 5) is 10.7. The highest BCUT2D eigenvalue weighted by Gasteiger charge is 2.03. The van der Waals surface area contributed by atoms with E-state index in [9.17, 15) is 4.79 Å². The van der Waals surface area contributed by atoms with Gasteiger partial charge in [-0.25, -0.2) is 0 Å². The van der Waals surface area contributed by atoms with Gasteiger partial charge >= 0.3 is 0 Å². The highest BCUT2D eigenvalue weighted by molar-refractivity contribution is 5.97. The first-order valence-corrected chi connectivity index (χ1v) is 4.39. The molecule has 0 radical (unpaired) electrons. The molecule has 3 nitrogen and oxygen atoms in total. The fourth-order valence-electron chi connectivity index (χ4n) is 1.60.